The molecule has 3 aliphatic carbocycles. The predicted octanol–water partition coefficient (Wildman–Crippen LogP) is 7.03. The fourth-order valence-electron chi connectivity index (χ4n) is 6.49. The van der Waals surface area contributed by atoms with Crippen molar-refractivity contribution in [2.24, 2.45) is 35.5 Å². The zero-order chi connectivity index (χ0) is 18.5. The van der Waals surface area contributed by atoms with Gasteiger partial charge in [0.2, 0.25) is 0 Å². The van der Waals surface area contributed by atoms with E-state index in [1.165, 1.54) is 44.9 Å². The molecule has 152 valence electrons. The highest BCUT2D eigenvalue weighted by molar-refractivity contribution is 4.90. The zero-order valence-corrected chi connectivity index (χ0v) is 17.0. The second-order valence-electron chi connectivity index (χ2n) is 9.70. The number of alkyl halides is 1. The summed E-state index contributed by atoms with van der Waals surface area (Å²) in [5.41, 5.74) is 0. The maximum atomic E-state index is 14.7. The molecule has 4 atom stereocenters. The minimum absolute atomic E-state index is 0.0932. The summed E-state index contributed by atoms with van der Waals surface area (Å²) in [6.45, 7) is 4.49. The van der Waals surface area contributed by atoms with Crippen LogP contribution in [-0.2, 0) is 4.89 Å². The van der Waals surface area contributed by atoms with Gasteiger partial charge in [0.1, 0.15) is 12.3 Å². The summed E-state index contributed by atoms with van der Waals surface area (Å²) >= 11 is 0. The number of rotatable bonds is 6. The van der Waals surface area contributed by atoms with Crippen LogP contribution in [-0.4, -0.2) is 17.5 Å². The molecule has 3 heteroatoms. The molecule has 0 radical (unpaired) electrons. The molecule has 0 bridgehead atoms. The Morgan fingerprint density at radius 3 is 1.85 bits per heavy atom. The van der Waals surface area contributed by atoms with Crippen molar-refractivity contribution in [2.45, 2.75) is 110 Å². The first-order chi connectivity index (χ1) is 12.7. The normalized spacial score (nSPS) is 43.2. The molecule has 0 heterocycles. The monoisotopic (exact) mass is 368 g/mol. The highest BCUT2D eigenvalue weighted by Crippen LogP contribution is 2.45. The Morgan fingerprint density at radius 2 is 1.35 bits per heavy atom. The van der Waals surface area contributed by atoms with Gasteiger partial charge in [-0.25, -0.2) is 9.28 Å². The van der Waals surface area contributed by atoms with Crippen molar-refractivity contribution in [1.82, 2.24) is 0 Å². The maximum Gasteiger partial charge on any atom is 0.106 e. The molecule has 2 nitrogen and oxygen atoms in total. The van der Waals surface area contributed by atoms with Crippen molar-refractivity contribution >= 4 is 0 Å². The lowest BCUT2D eigenvalue weighted by Gasteiger charge is -2.42. The van der Waals surface area contributed by atoms with E-state index in [0.717, 1.165) is 49.9 Å². The van der Waals surface area contributed by atoms with Gasteiger partial charge in [-0.05, 0) is 87.4 Å². The summed E-state index contributed by atoms with van der Waals surface area (Å²) in [7, 11) is 0. The van der Waals surface area contributed by atoms with Crippen LogP contribution >= 0.6 is 0 Å². The molecule has 0 aromatic carbocycles. The Morgan fingerprint density at radius 1 is 0.808 bits per heavy atom. The van der Waals surface area contributed by atoms with Crippen molar-refractivity contribution in [3.8, 4) is 0 Å². The van der Waals surface area contributed by atoms with E-state index in [0.29, 0.717) is 18.3 Å². The quantitative estimate of drug-likeness (QED) is 0.403. The van der Waals surface area contributed by atoms with E-state index in [1.54, 1.807) is 0 Å². The molecular formula is C23H41FO2. The SMILES string of the molecule is CCC1CCC(C2CCC(C(OO)C3CCC(CC)CC3F)CC2)CC1. The van der Waals surface area contributed by atoms with Crippen molar-refractivity contribution < 1.29 is 14.5 Å². The van der Waals surface area contributed by atoms with Crippen LogP contribution in [0.3, 0.4) is 0 Å². The van der Waals surface area contributed by atoms with Gasteiger partial charge in [-0.3, -0.25) is 5.26 Å². The summed E-state index contributed by atoms with van der Waals surface area (Å²) in [6.07, 6.45) is 14.4. The van der Waals surface area contributed by atoms with E-state index >= 15 is 0 Å². The van der Waals surface area contributed by atoms with Crippen LogP contribution in [0.1, 0.15) is 97.3 Å². The third-order valence-corrected chi connectivity index (χ3v) is 8.47. The fraction of sp³-hybridized carbons (Fsp3) is 1.00. The maximum absolute atomic E-state index is 14.7. The van der Waals surface area contributed by atoms with Crippen LogP contribution in [0.15, 0.2) is 0 Å². The Labute approximate surface area is 160 Å². The lowest BCUT2D eigenvalue weighted by atomic mass is 9.66. The van der Waals surface area contributed by atoms with Crippen LogP contribution in [0.25, 0.3) is 0 Å². The van der Waals surface area contributed by atoms with Gasteiger partial charge in [0.25, 0.3) is 0 Å². The Bertz CT molecular complexity index is 399. The Hall–Kier alpha value is -0.150. The van der Waals surface area contributed by atoms with Gasteiger partial charge in [-0.2, -0.15) is 0 Å². The molecule has 0 spiro atoms. The van der Waals surface area contributed by atoms with Gasteiger partial charge in [0.05, 0.1) is 0 Å². The second-order valence-corrected chi connectivity index (χ2v) is 9.70. The van der Waals surface area contributed by atoms with Gasteiger partial charge in [-0.15, -0.1) is 0 Å². The standard InChI is InChI=1S/C23H41FO2/c1-3-16-5-8-18(9-6-16)19-10-12-20(13-11-19)23(26-25)21-14-7-17(4-2)15-22(21)24/h16-23,25H,3-15H2,1-2H3. The van der Waals surface area contributed by atoms with E-state index in [9.17, 15) is 9.65 Å². The molecule has 3 rings (SSSR count). The molecule has 0 saturated heterocycles. The molecule has 26 heavy (non-hydrogen) atoms. The molecule has 0 aromatic heterocycles. The first-order valence-electron chi connectivity index (χ1n) is 11.6. The van der Waals surface area contributed by atoms with Crippen LogP contribution in [0.4, 0.5) is 4.39 Å². The summed E-state index contributed by atoms with van der Waals surface area (Å²) in [6, 6.07) is 0. The first kappa shape index (κ1) is 20.6. The molecular weight excluding hydrogens is 327 g/mol. The summed E-state index contributed by atoms with van der Waals surface area (Å²) < 4.78 is 14.7. The molecule has 0 amide bonds. The summed E-state index contributed by atoms with van der Waals surface area (Å²) in [4.78, 5) is 4.94. The van der Waals surface area contributed by atoms with E-state index in [2.05, 4.69) is 13.8 Å². The van der Waals surface area contributed by atoms with E-state index in [4.69, 9.17) is 4.89 Å². The molecule has 3 fully saturated rings. The Kier molecular flexibility index (Phi) is 7.81. The average molecular weight is 369 g/mol. The van der Waals surface area contributed by atoms with Gasteiger partial charge < -0.3 is 0 Å². The topological polar surface area (TPSA) is 29.5 Å². The predicted molar refractivity (Wildman–Crippen MR) is 105 cm³/mol. The van der Waals surface area contributed by atoms with Gasteiger partial charge in [0.15, 0.2) is 0 Å². The van der Waals surface area contributed by atoms with Crippen molar-refractivity contribution in [3.05, 3.63) is 0 Å². The summed E-state index contributed by atoms with van der Waals surface area (Å²) in [5.74, 6) is 3.53. The molecule has 3 saturated carbocycles. The largest absolute Gasteiger partial charge is 0.252 e. The van der Waals surface area contributed by atoms with Crippen LogP contribution in [0.2, 0.25) is 0 Å². The van der Waals surface area contributed by atoms with E-state index < -0.39 is 6.17 Å². The average Bonchev–Trinajstić information content (AvgIpc) is 2.70. The van der Waals surface area contributed by atoms with E-state index in [-0.39, 0.29) is 12.0 Å². The highest BCUT2D eigenvalue weighted by atomic mass is 19.1. The number of hydrogen-bond acceptors (Lipinski definition) is 2. The molecule has 0 aromatic rings. The van der Waals surface area contributed by atoms with E-state index in [1.807, 2.05) is 0 Å². The number of hydrogen-bond donors (Lipinski definition) is 1. The lowest BCUT2D eigenvalue weighted by molar-refractivity contribution is -0.311. The van der Waals surface area contributed by atoms with Crippen molar-refractivity contribution in [2.75, 3.05) is 0 Å². The smallest absolute Gasteiger partial charge is 0.106 e. The van der Waals surface area contributed by atoms with Crippen molar-refractivity contribution in [3.63, 3.8) is 0 Å². The van der Waals surface area contributed by atoms with Crippen LogP contribution < -0.4 is 0 Å². The van der Waals surface area contributed by atoms with Crippen LogP contribution in [0, 0.1) is 35.5 Å². The second kappa shape index (κ2) is 9.87. The lowest BCUT2D eigenvalue weighted by Crippen LogP contribution is -2.42. The third-order valence-electron chi connectivity index (χ3n) is 8.47. The number of halogens is 1. The highest BCUT2D eigenvalue weighted by Gasteiger charge is 2.41. The van der Waals surface area contributed by atoms with Gasteiger partial charge in [0, 0.05) is 5.92 Å². The third kappa shape index (κ3) is 4.82. The molecule has 4 unspecified atom stereocenters. The summed E-state index contributed by atoms with van der Waals surface area (Å²) in [5, 5.41) is 9.58. The Balaban J connectivity index is 1.48. The minimum atomic E-state index is -0.798. The molecule has 0 aliphatic heterocycles. The van der Waals surface area contributed by atoms with Gasteiger partial charge >= 0.3 is 0 Å². The van der Waals surface area contributed by atoms with Gasteiger partial charge in [-0.1, -0.05) is 39.5 Å². The molecule has 3 aliphatic rings. The molecule has 1 N–H and O–H groups in total. The van der Waals surface area contributed by atoms with Crippen LogP contribution in [0.5, 0.6) is 0 Å². The minimum Gasteiger partial charge on any atom is -0.252 e. The zero-order valence-electron chi connectivity index (χ0n) is 17.0. The fourth-order valence-corrected chi connectivity index (χ4v) is 6.49. The van der Waals surface area contributed by atoms with Crippen molar-refractivity contribution in [1.29, 1.82) is 0 Å². The first-order valence-corrected chi connectivity index (χ1v) is 11.6.